The molecule has 2 N–H and O–H groups in total. The fourth-order valence-electron chi connectivity index (χ4n) is 1.47. The molecule has 3 nitrogen and oxygen atoms in total. The van der Waals surface area contributed by atoms with Crippen LogP contribution in [0.15, 0.2) is 41.6 Å². The lowest BCUT2D eigenvalue weighted by Crippen LogP contribution is -2.02. The first-order chi connectivity index (χ1) is 6.83. The number of nitrogens with zero attached hydrogens (tertiary/aromatic N) is 2. The number of aromatic nitrogens is 1. The minimum Gasteiger partial charge on any atom is -0.323 e. The van der Waals surface area contributed by atoms with Crippen molar-refractivity contribution in [2.45, 2.75) is 6.92 Å². The third kappa shape index (κ3) is 1.33. The second-order valence-electron chi connectivity index (χ2n) is 3.10. The average Bonchev–Trinajstić information content (AvgIpc) is 2.27. The highest BCUT2D eigenvalue weighted by molar-refractivity contribution is 6.07. The van der Waals surface area contributed by atoms with Gasteiger partial charge in [-0.2, -0.15) is 5.10 Å². The lowest BCUT2D eigenvalue weighted by Gasteiger charge is -2.03. The Balaban J connectivity index is 2.77. The van der Waals surface area contributed by atoms with Crippen LogP contribution >= 0.6 is 0 Å². The van der Waals surface area contributed by atoms with Crippen molar-refractivity contribution in [3.63, 3.8) is 0 Å². The summed E-state index contributed by atoms with van der Waals surface area (Å²) in [5.41, 5.74) is 1.60. The van der Waals surface area contributed by atoms with Gasteiger partial charge in [0.25, 0.3) is 0 Å². The minimum absolute atomic E-state index is 0.752. The zero-order valence-electron chi connectivity index (χ0n) is 7.94. The first kappa shape index (κ1) is 8.69. The molecule has 0 aliphatic carbocycles. The molecule has 0 bridgehead atoms. The number of hydrazone groups is 1. The molecule has 0 unspecified atom stereocenters. The second kappa shape index (κ2) is 3.46. The summed E-state index contributed by atoms with van der Waals surface area (Å²) in [5, 5.41) is 5.90. The van der Waals surface area contributed by atoms with Crippen LogP contribution < -0.4 is 5.84 Å². The quantitative estimate of drug-likeness (QED) is 0.419. The van der Waals surface area contributed by atoms with Crippen LogP contribution in [0.3, 0.4) is 0 Å². The van der Waals surface area contributed by atoms with Crippen LogP contribution in [0.25, 0.3) is 10.8 Å². The van der Waals surface area contributed by atoms with Gasteiger partial charge < -0.3 is 5.84 Å². The van der Waals surface area contributed by atoms with Crippen molar-refractivity contribution in [3.05, 3.63) is 42.2 Å². The lowest BCUT2D eigenvalue weighted by atomic mass is 10.1. The molecular weight excluding hydrogens is 174 g/mol. The van der Waals surface area contributed by atoms with Crippen LogP contribution in [0.4, 0.5) is 0 Å². The third-order valence-electron chi connectivity index (χ3n) is 2.21. The van der Waals surface area contributed by atoms with E-state index in [9.17, 15) is 0 Å². The Morgan fingerprint density at radius 2 is 2.07 bits per heavy atom. The van der Waals surface area contributed by atoms with E-state index in [-0.39, 0.29) is 0 Å². The van der Waals surface area contributed by atoms with Crippen LogP contribution in [-0.2, 0) is 0 Å². The van der Waals surface area contributed by atoms with Gasteiger partial charge >= 0.3 is 0 Å². The largest absolute Gasteiger partial charge is 0.323 e. The maximum Gasteiger partial charge on any atom is 0.0937 e. The van der Waals surface area contributed by atoms with E-state index in [0.717, 1.165) is 22.2 Å². The summed E-state index contributed by atoms with van der Waals surface area (Å²) in [6.45, 7) is 1.86. The van der Waals surface area contributed by atoms with E-state index < -0.39 is 0 Å². The minimum atomic E-state index is 0.752. The Bertz CT molecular complexity index is 483. The molecule has 1 aromatic heterocycles. The molecule has 0 spiro atoms. The molecule has 1 aromatic carbocycles. The molecule has 0 saturated heterocycles. The fourth-order valence-corrected chi connectivity index (χ4v) is 1.47. The zero-order valence-corrected chi connectivity index (χ0v) is 7.94. The van der Waals surface area contributed by atoms with Crippen LogP contribution in [-0.4, -0.2) is 10.7 Å². The molecule has 0 amide bonds. The standard InChI is InChI=1S/C11H11N3/c1-8(14-12)11-10-5-3-2-4-9(10)6-7-13-11/h2-7H,12H2,1H3. The second-order valence-corrected chi connectivity index (χ2v) is 3.10. The summed E-state index contributed by atoms with van der Waals surface area (Å²) in [6, 6.07) is 10.0. The number of hydrogen-bond donors (Lipinski definition) is 1. The van der Waals surface area contributed by atoms with Gasteiger partial charge in [0.2, 0.25) is 0 Å². The monoisotopic (exact) mass is 185 g/mol. The van der Waals surface area contributed by atoms with E-state index in [0.29, 0.717) is 0 Å². The van der Waals surface area contributed by atoms with Gasteiger partial charge in [-0.1, -0.05) is 24.3 Å². The van der Waals surface area contributed by atoms with Crippen molar-refractivity contribution in [1.82, 2.24) is 4.98 Å². The average molecular weight is 185 g/mol. The Hall–Kier alpha value is -1.90. The molecule has 2 aromatic rings. The summed E-state index contributed by atoms with van der Waals surface area (Å²) in [4.78, 5) is 4.27. The van der Waals surface area contributed by atoms with Crippen molar-refractivity contribution in [1.29, 1.82) is 0 Å². The number of hydrogen-bond acceptors (Lipinski definition) is 3. The van der Waals surface area contributed by atoms with Crippen LogP contribution in [0.5, 0.6) is 0 Å². The van der Waals surface area contributed by atoms with E-state index in [4.69, 9.17) is 5.84 Å². The van der Waals surface area contributed by atoms with Crippen molar-refractivity contribution in [2.24, 2.45) is 10.9 Å². The highest BCUT2D eigenvalue weighted by Gasteiger charge is 2.03. The predicted molar refractivity (Wildman–Crippen MR) is 58.1 cm³/mol. The highest BCUT2D eigenvalue weighted by Crippen LogP contribution is 2.16. The van der Waals surface area contributed by atoms with E-state index in [2.05, 4.69) is 10.1 Å². The Kier molecular flexibility index (Phi) is 2.14. The highest BCUT2D eigenvalue weighted by atomic mass is 15.1. The molecule has 2 rings (SSSR count). The molecule has 14 heavy (non-hydrogen) atoms. The van der Waals surface area contributed by atoms with Crippen molar-refractivity contribution in [2.75, 3.05) is 0 Å². The number of nitrogens with two attached hydrogens (primary N) is 1. The van der Waals surface area contributed by atoms with Gasteiger partial charge in [0, 0.05) is 11.6 Å². The van der Waals surface area contributed by atoms with Crippen LogP contribution in [0.1, 0.15) is 12.6 Å². The van der Waals surface area contributed by atoms with Gasteiger partial charge in [-0.15, -0.1) is 0 Å². The van der Waals surface area contributed by atoms with E-state index in [1.807, 2.05) is 37.3 Å². The molecule has 3 heteroatoms. The molecule has 0 fully saturated rings. The molecule has 0 aliphatic heterocycles. The summed E-state index contributed by atoms with van der Waals surface area (Å²) < 4.78 is 0. The van der Waals surface area contributed by atoms with E-state index in [1.54, 1.807) is 6.20 Å². The summed E-state index contributed by atoms with van der Waals surface area (Å²) >= 11 is 0. The Morgan fingerprint density at radius 3 is 2.86 bits per heavy atom. The maximum atomic E-state index is 5.24. The number of fused-ring (bicyclic) bond motifs is 1. The van der Waals surface area contributed by atoms with Gasteiger partial charge in [-0.05, 0) is 18.4 Å². The zero-order chi connectivity index (χ0) is 9.97. The molecule has 0 saturated carbocycles. The SMILES string of the molecule is CC(=NN)c1nccc2ccccc12. The number of benzene rings is 1. The third-order valence-corrected chi connectivity index (χ3v) is 2.21. The smallest absolute Gasteiger partial charge is 0.0937 e. The van der Waals surface area contributed by atoms with Crippen LogP contribution in [0, 0.1) is 0 Å². The predicted octanol–water partition coefficient (Wildman–Crippen LogP) is 1.92. The van der Waals surface area contributed by atoms with Gasteiger partial charge in [0.15, 0.2) is 0 Å². The number of pyridine rings is 1. The van der Waals surface area contributed by atoms with Gasteiger partial charge in [-0.3, -0.25) is 4.98 Å². The van der Waals surface area contributed by atoms with Gasteiger partial charge in [0.05, 0.1) is 11.4 Å². The summed E-state index contributed by atoms with van der Waals surface area (Å²) in [7, 11) is 0. The fraction of sp³-hybridized carbons (Fsp3) is 0.0909. The molecule has 1 heterocycles. The van der Waals surface area contributed by atoms with E-state index >= 15 is 0 Å². The summed E-state index contributed by atoms with van der Waals surface area (Å²) in [5.74, 6) is 5.24. The van der Waals surface area contributed by atoms with Gasteiger partial charge in [-0.25, -0.2) is 0 Å². The lowest BCUT2D eigenvalue weighted by molar-refractivity contribution is 1.21. The normalized spacial score (nSPS) is 11.9. The van der Waals surface area contributed by atoms with Crippen molar-refractivity contribution < 1.29 is 0 Å². The first-order valence-corrected chi connectivity index (χ1v) is 4.41. The number of rotatable bonds is 1. The van der Waals surface area contributed by atoms with Crippen molar-refractivity contribution >= 4 is 16.5 Å². The van der Waals surface area contributed by atoms with Crippen LogP contribution in [0.2, 0.25) is 0 Å². The van der Waals surface area contributed by atoms with Crippen molar-refractivity contribution in [3.8, 4) is 0 Å². The molecule has 0 radical (unpaired) electrons. The van der Waals surface area contributed by atoms with E-state index in [1.165, 1.54) is 0 Å². The first-order valence-electron chi connectivity index (χ1n) is 4.41. The Morgan fingerprint density at radius 1 is 1.29 bits per heavy atom. The summed E-state index contributed by atoms with van der Waals surface area (Å²) in [6.07, 6.45) is 1.77. The molecule has 70 valence electrons. The molecule has 0 atom stereocenters. The topological polar surface area (TPSA) is 51.3 Å². The maximum absolute atomic E-state index is 5.24. The van der Waals surface area contributed by atoms with Gasteiger partial charge in [0.1, 0.15) is 0 Å². The molecule has 0 aliphatic rings. The molecular formula is C11H11N3. The Labute approximate surface area is 82.3 Å².